The van der Waals surface area contributed by atoms with Gasteiger partial charge in [-0.15, -0.1) is 0 Å². The zero-order valence-electron chi connectivity index (χ0n) is 10.5. The van der Waals surface area contributed by atoms with Crippen molar-refractivity contribution in [3.05, 3.63) is 36.5 Å². The molecular weight excluding hydrogens is 222 g/mol. The maximum Gasteiger partial charge on any atom is 0.0703 e. The van der Waals surface area contributed by atoms with Crippen molar-refractivity contribution in [2.24, 2.45) is 11.7 Å². The number of nitrogens with one attached hydrogen (secondary N) is 1. The number of hydrogen-bond donors (Lipinski definition) is 2. The van der Waals surface area contributed by atoms with E-state index in [1.807, 2.05) is 12.3 Å². The van der Waals surface area contributed by atoms with Gasteiger partial charge in [-0.1, -0.05) is 12.5 Å². The van der Waals surface area contributed by atoms with Crippen LogP contribution < -0.4 is 11.1 Å². The topological polar surface area (TPSA) is 50.9 Å². The van der Waals surface area contributed by atoms with Crippen molar-refractivity contribution in [2.75, 3.05) is 11.9 Å². The van der Waals surface area contributed by atoms with Crippen molar-refractivity contribution in [3.63, 3.8) is 0 Å². The van der Waals surface area contributed by atoms with Crippen molar-refractivity contribution >= 4 is 16.6 Å². The van der Waals surface area contributed by atoms with Gasteiger partial charge in [0.1, 0.15) is 0 Å². The van der Waals surface area contributed by atoms with E-state index in [4.69, 9.17) is 5.73 Å². The Hall–Kier alpha value is -1.61. The number of rotatable bonds is 3. The molecule has 3 N–H and O–H groups in total. The molecule has 3 nitrogen and oxygen atoms in total. The summed E-state index contributed by atoms with van der Waals surface area (Å²) in [5.41, 5.74) is 8.05. The third-order valence-electron chi connectivity index (χ3n) is 3.92. The fourth-order valence-corrected chi connectivity index (χ4v) is 2.89. The van der Waals surface area contributed by atoms with Crippen molar-refractivity contribution in [2.45, 2.75) is 25.3 Å². The summed E-state index contributed by atoms with van der Waals surface area (Å²) in [6.07, 6.45) is 5.60. The van der Waals surface area contributed by atoms with Crippen LogP contribution in [0.4, 0.5) is 5.69 Å². The van der Waals surface area contributed by atoms with E-state index in [9.17, 15) is 0 Å². The number of nitrogens with two attached hydrogens (primary N) is 1. The van der Waals surface area contributed by atoms with Gasteiger partial charge >= 0.3 is 0 Å². The Kier molecular flexibility index (Phi) is 3.15. The van der Waals surface area contributed by atoms with Crippen LogP contribution in [0.25, 0.3) is 10.9 Å². The number of benzene rings is 1. The van der Waals surface area contributed by atoms with Gasteiger partial charge in [0.25, 0.3) is 0 Å². The van der Waals surface area contributed by atoms with Gasteiger partial charge in [-0.05, 0) is 49.6 Å². The van der Waals surface area contributed by atoms with E-state index < -0.39 is 0 Å². The summed E-state index contributed by atoms with van der Waals surface area (Å²) < 4.78 is 0. The molecule has 1 heterocycles. The van der Waals surface area contributed by atoms with Gasteiger partial charge < -0.3 is 11.1 Å². The van der Waals surface area contributed by atoms with Crippen molar-refractivity contribution < 1.29 is 0 Å². The highest BCUT2D eigenvalue weighted by Crippen LogP contribution is 2.28. The maximum atomic E-state index is 5.82. The SMILES string of the molecule is NCC1CCCC1Nc1ccc2ncccc2c1. The van der Waals surface area contributed by atoms with Crippen LogP contribution >= 0.6 is 0 Å². The number of fused-ring (bicyclic) bond motifs is 1. The molecule has 3 heteroatoms. The fraction of sp³-hybridized carbons (Fsp3) is 0.400. The van der Waals surface area contributed by atoms with Gasteiger partial charge in [-0.25, -0.2) is 0 Å². The monoisotopic (exact) mass is 241 g/mol. The summed E-state index contributed by atoms with van der Waals surface area (Å²) in [6.45, 7) is 0.785. The fourth-order valence-electron chi connectivity index (χ4n) is 2.89. The summed E-state index contributed by atoms with van der Waals surface area (Å²) in [7, 11) is 0. The summed E-state index contributed by atoms with van der Waals surface area (Å²) >= 11 is 0. The minimum absolute atomic E-state index is 0.532. The second-order valence-electron chi connectivity index (χ2n) is 5.09. The van der Waals surface area contributed by atoms with Gasteiger partial charge in [-0.2, -0.15) is 0 Å². The first-order chi connectivity index (χ1) is 8.86. The molecule has 94 valence electrons. The first-order valence-corrected chi connectivity index (χ1v) is 6.68. The number of nitrogens with zero attached hydrogens (tertiary/aromatic N) is 1. The summed E-state index contributed by atoms with van der Waals surface area (Å²) in [5, 5.41) is 4.81. The lowest BCUT2D eigenvalue weighted by atomic mass is 10.0. The molecule has 1 aromatic heterocycles. The van der Waals surface area contributed by atoms with Gasteiger partial charge in [0.2, 0.25) is 0 Å². The quantitative estimate of drug-likeness (QED) is 0.868. The van der Waals surface area contributed by atoms with Gasteiger partial charge in [-0.3, -0.25) is 4.98 Å². The van der Waals surface area contributed by atoms with Crippen LogP contribution in [-0.2, 0) is 0 Å². The second kappa shape index (κ2) is 4.94. The average Bonchev–Trinajstić information content (AvgIpc) is 2.86. The van der Waals surface area contributed by atoms with Crippen molar-refractivity contribution in [1.82, 2.24) is 4.98 Å². The average molecular weight is 241 g/mol. The first kappa shape index (κ1) is 11.5. The van der Waals surface area contributed by atoms with E-state index in [0.717, 1.165) is 12.1 Å². The molecule has 1 fully saturated rings. The lowest BCUT2D eigenvalue weighted by Crippen LogP contribution is -2.29. The molecule has 3 rings (SSSR count). The van der Waals surface area contributed by atoms with Crippen LogP contribution in [0.2, 0.25) is 0 Å². The molecule has 1 saturated carbocycles. The van der Waals surface area contributed by atoms with Crippen molar-refractivity contribution in [3.8, 4) is 0 Å². The molecule has 2 atom stereocenters. The lowest BCUT2D eigenvalue weighted by Gasteiger charge is -2.20. The van der Waals surface area contributed by atoms with Crippen LogP contribution in [0.15, 0.2) is 36.5 Å². The summed E-state index contributed by atoms with van der Waals surface area (Å²) in [6, 6.07) is 11.0. The molecule has 2 unspecified atom stereocenters. The second-order valence-corrected chi connectivity index (χ2v) is 5.09. The molecular formula is C15H19N3. The third-order valence-corrected chi connectivity index (χ3v) is 3.92. The van der Waals surface area contributed by atoms with Gasteiger partial charge in [0, 0.05) is 23.3 Å². The first-order valence-electron chi connectivity index (χ1n) is 6.68. The Morgan fingerprint density at radius 2 is 2.22 bits per heavy atom. The maximum absolute atomic E-state index is 5.82. The van der Waals surface area contributed by atoms with E-state index in [0.29, 0.717) is 12.0 Å². The van der Waals surface area contributed by atoms with Crippen LogP contribution in [-0.4, -0.2) is 17.6 Å². The highest BCUT2D eigenvalue weighted by atomic mass is 14.9. The van der Waals surface area contributed by atoms with Crippen molar-refractivity contribution in [1.29, 1.82) is 0 Å². The minimum Gasteiger partial charge on any atom is -0.382 e. The number of pyridine rings is 1. The molecule has 1 aromatic carbocycles. The molecule has 1 aliphatic carbocycles. The van der Waals surface area contributed by atoms with E-state index in [2.05, 4.69) is 34.6 Å². The number of anilines is 1. The largest absolute Gasteiger partial charge is 0.382 e. The zero-order valence-corrected chi connectivity index (χ0v) is 10.5. The summed E-state index contributed by atoms with van der Waals surface area (Å²) in [5.74, 6) is 0.620. The zero-order chi connectivity index (χ0) is 12.4. The predicted molar refractivity (Wildman–Crippen MR) is 75.5 cm³/mol. The number of aromatic nitrogens is 1. The number of hydrogen-bond acceptors (Lipinski definition) is 3. The third kappa shape index (κ3) is 2.18. The molecule has 18 heavy (non-hydrogen) atoms. The molecule has 0 radical (unpaired) electrons. The van der Waals surface area contributed by atoms with E-state index in [1.165, 1.54) is 30.3 Å². The molecule has 0 bridgehead atoms. The molecule has 1 aliphatic rings. The smallest absolute Gasteiger partial charge is 0.0703 e. The van der Waals surface area contributed by atoms with Crippen LogP contribution in [0, 0.1) is 5.92 Å². The van der Waals surface area contributed by atoms with E-state index in [-0.39, 0.29) is 0 Å². The molecule has 0 amide bonds. The summed E-state index contributed by atoms with van der Waals surface area (Å²) in [4.78, 5) is 4.34. The Morgan fingerprint density at radius 3 is 3.11 bits per heavy atom. The van der Waals surface area contributed by atoms with Gasteiger partial charge in [0.15, 0.2) is 0 Å². The highest BCUT2D eigenvalue weighted by molar-refractivity contribution is 5.82. The van der Waals surface area contributed by atoms with Crippen LogP contribution in [0.5, 0.6) is 0 Å². The Morgan fingerprint density at radius 1 is 1.28 bits per heavy atom. The normalized spacial score (nSPS) is 23.4. The standard InChI is InChI=1S/C15H19N3/c16-10-12-3-1-5-15(12)18-13-6-7-14-11(9-13)4-2-8-17-14/h2,4,6-9,12,15,18H,1,3,5,10,16H2. The lowest BCUT2D eigenvalue weighted by molar-refractivity contribution is 0.517. The van der Waals surface area contributed by atoms with Gasteiger partial charge in [0.05, 0.1) is 5.52 Å². The predicted octanol–water partition coefficient (Wildman–Crippen LogP) is 2.77. The van der Waals surface area contributed by atoms with E-state index in [1.54, 1.807) is 0 Å². The Labute approximate surface area is 107 Å². The Bertz CT molecular complexity index is 538. The van der Waals surface area contributed by atoms with E-state index >= 15 is 0 Å². The van der Waals surface area contributed by atoms with Crippen LogP contribution in [0.3, 0.4) is 0 Å². The minimum atomic E-state index is 0.532. The molecule has 0 spiro atoms. The molecule has 0 saturated heterocycles. The highest BCUT2D eigenvalue weighted by Gasteiger charge is 2.25. The Balaban J connectivity index is 1.82. The molecule has 2 aromatic rings. The molecule has 0 aliphatic heterocycles. The van der Waals surface area contributed by atoms with Crippen LogP contribution in [0.1, 0.15) is 19.3 Å².